The summed E-state index contributed by atoms with van der Waals surface area (Å²) in [5, 5.41) is 12.9. The second-order valence-electron chi connectivity index (χ2n) is 8.96. The van der Waals surface area contributed by atoms with E-state index in [0.29, 0.717) is 18.5 Å². The maximum absolute atomic E-state index is 12.0. The molecule has 0 unspecified atom stereocenters. The Morgan fingerprint density at radius 2 is 1.38 bits per heavy atom. The Morgan fingerprint density at radius 1 is 0.844 bits per heavy atom. The fraction of sp³-hybridized carbons (Fsp3) is 0.483. The van der Waals surface area contributed by atoms with Crippen molar-refractivity contribution in [2.24, 2.45) is 0 Å². The van der Waals surface area contributed by atoms with Crippen LogP contribution in [0.25, 0.3) is 0 Å². The van der Waals surface area contributed by atoms with Crippen LogP contribution in [0.4, 0.5) is 0 Å². The number of benzene rings is 1. The van der Waals surface area contributed by atoms with E-state index >= 15 is 0 Å². The van der Waals surface area contributed by atoms with E-state index in [-0.39, 0.29) is 11.7 Å². The first-order valence-electron chi connectivity index (χ1n) is 11.9. The van der Waals surface area contributed by atoms with E-state index in [4.69, 9.17) is 0 Å². The van der Waals surface area contributed by atoms with Crippen LogP contribution in [0.1, 0.15) is 96.0 Å². The van der Waals surface area contributed by atoms with Gasteiger partial charge in [-0.25, -0.2) is 0 Å². The molecule has 0 aliphatic carbocycles. The molecular weight excluding hydrogens is 394 g/mol. The van der Waals surface area contributed by atoms with Crippen molar-refractivity contribution < 1.29 is 9.90 Å². The van der Waals surface area contributed by atoms with E-state index in [1.54, 1.807) is 18.2 Å². The summed E-state index contributed by atoms with van der Waals surface area (Å²) in [6.07, 6.45) is 16.4. The average molecular weight is 438 g/mol. The van der Waals surface area contributed by atoms with Crippen LogP contribution < -0.4 is 5.32 Å². The zero-order valence-corrected chi connectivity index (χ0v) is 21.1. The van der Waals surface area contributed by atoms with Crippen molar-refractivity contribution in [1.82, 2.24) is 5.32 Å². The molecule has 2 N–H and O–H groups in total. The Balaban J connectivity index is 2.47. The molecule has 1 aromatic rings. The number of rotatable bonds is 13. The third-order valence-electron chi connectivity index (χ3n) is 5.50. The van der Waals surface area contributed by atoms with Crippen molar-refractivity contribution in [3.8, 4) is 5.75 Å². The first-order chi connectivity index (χ1) is 15.2. The second-order valence-corrected chi connectivity index (χ2v) is 8.96. The number of amides is 1. The molecule has 3 nitrogen and oxygen atoms in total. The fourth-order valence-corrected chi connectivity index (χ4v) is 3.42. The molecule has 3 heteroatoms. The lowest BCUT2D eigenvalue weighted by Crippen LogP contribution is -2.22. The molecule has 0 saturated heterocycles. The Kier molecular flexibility index (Phi) is 13.1. The summed E-state index contributed by atoms with van der Waals surface area (Å²) in [6, 6.07) is 5.05. The van der Waals surface area contributed by atoms with E-state index in [1.807, 2.05) is 6.92 Å². The van der Waals surface area contributed by atoms with Crippen LogP contribution in [-0.2, 0) is 6.42 Å². The summed E-state index contributed by atoms with van der Waals surface area (Å²) in [6.45, 7) is 13.4. The summed E-state index contributed by atoms with van der Waals surface area (Å²) < 4.78 is 0. The third kappa shape index (κ3) is 11.7. The van der Waals surface area contributed by atoms with Gasteiger partial charge in [0.2, 0.25) is 0 Å². The molecule has 0 bridgehead atoms. The lowest BCUT2D eigenvalue weighted by Gasteiger charge is -2.07. The van der Waals surface area contributed by atoms with Crippen LogP contribution in [0.2, 0.25) is 0 Å². The van der Waals surface area contributed by atoms with Gasteiger partial charge in [0, 0.05) is 12.1 Å². The average Bonchev–Trinajstić information content (AvgIpc) is 2.73. The lowest BCUT2D eigenvalue weighted by molar-refractivity contribution is 0.0955. The van der Waals surface area contributed by atoms with Gasteiger partial charge in [-0.05, 0) is 110 Å². The number of phenols is 1. The summed E-state index contributed by atoms with van der Waals surface area (Å²) >= 11 is 0. The molecule has 0 radical (unpaired) electrons. The highest BCUT2D eigenvalue weighted by molar-refractivity contribution is 5.94. The number of carbonyl (C=O) groups excluding carboxylic acids is 1. The highest BCUT2D eigenvalue weighted by atomic mass is 16.3. The SMILES string of the molecule is CCNC(=O)c1ccc(O)c(C/C=C(\C)CC/C=C(\C)CC/C=C(\C)CCC=C(C)C)c1. The highest BCUT2D eigenvalue weighted by Gasteiger charge is 2.08. The van der Waals surface area contributed by atoms with Gasteiger partial charge >= 0.3 is 0 Å². The van der Waals surface area contributed by atoms with Crippen molar-refractivity contribution in [2.75, 3.05) is 6.54 Å². The number of phenolic OH excluding ortho intramolecular Hbond substituents is 1. The molecule has 1 amide bonds. The minimum absolute atomic E-state index is 0.104. The molecule has 0 aromatic heterocycles. The molecule has 0 fully saturated rings. The van der Waals surface area contributed by atoms with E-state index in [2.05, 4.69) is 64.2 Å². The molecular formula is C29H43NO2. The molecule has 1 rings (SSSR count). The van der Waals surface area contributed by atoms with Gasteiger partial charge in [-0.15, -0.1) is 0 Å². The predicted molar refractivity (Wildman–Crippen MR) is 138 cm³/mol. The number of carbonyl (C=O) groups is 1. The Hall–Kier alpha value is -2.55. The summed E-state index contributed by atoms with van der Waals surface area (Å²) in [5.41, 5.74) is 6.99. The van der Waals surface area contributed by atoms with Gasteiger partial charge in [0.25, 0.3) is 5.91 Å². The normalized spacial score (nSPS) is 12.6. The van der Waals surface area contributed by atoms with Crippen molar-refractivity contribution in [3.05, 3.63) is 75.9 Å². The predicted octanol–water partition coefficient (Wildman–Crippen LogP) is 7.83. The second kappa shape index (κ2) is 15.3. The molecule has 1 aromatic carbocycles. The number of allylic oxidation sites excluding steroid dienone is 8. The van der Waals surface area contributed by atoms with Crippen molar-refractivity contribution >= 4 is 5.91 Å². The minimum atomic E-state index is -0.104. The molecule has 0 aliphatic heterocycles. The topological polar surface area (TPSA) is 49.3 Å². The summed E-state index contributed by atoms with van der Waals surface area (Å²) in [7, 11) is 0. The van der Waals surface area contributed by atoms with Gasteiger partial charge in [0.1, 0.15) is 5.75 Å². The molecule has 0 saturated carbocycles. The van der Waals surface area contributed by atoms with Crippen molar-refractivity contribution in [1.29, 1.82) is 0 Å². The molecule has 0 atom stereocenters. The zero-order chi connectivity index (χ0) is 23.9. The standard InChI is InChI=1S/C29H43NO2/c1-7-30-29(32)27-19-20-28(31)26(21-27)18-17-25(6)16-10-15-24(5)14-9-13-23(4)12-8-11-22(2)3/h11,13,15,17,19-21,31H,7-10,12,14,16,18H2,1-6H3,(H,30,32)/b23-13+,24-15+,25-17+. The van der Waals surface area contributed by atoms with Crippen LogP contribution in [0, 0.1) is 0 Å². The number of hydrogen-bond acceptors (Lipinski definition) is 2. The van der Waals surface area contributed by atoms with Crippen LogP contribution in [0.5, 0.6) is 5.75 Å². The van der Waals surface area contributed by atoms with Gasteiger partial charge < -0.3 is 10.4 Å². The Morgan fingerprint density at radius 3 is 1.91 bits per heavy atom. The smallest absolute Gasteiger partial charge is 0.251 e. The van der Waals surface area contributed by atoms with E-state index in [0.717, 1.165) is 44.1 Å². The zero-order valence-electron chi connectivity index (χ0n) is 21.1. The van der Waals surface area contributed by atoms with E-state index in [9.17, 15) is 9.90 Å². The number of hydrogen-bond donors (Lipinski definition) is 2. The minimum Gasteiger partial charge on any atom is -0.508 e. The fourth-order valence-electron chi connectivity index (χ4n) is 3.42. The third-order valence-corrected chi connectivity index (χ3v) is 5.50. The Bertz CT molecular complexity index is 852. The number of aromatic hydroxyl groups is 1. The number of nitrogens with one attached hydrogen (secondary N) is 1. The van der Waals surface area contributed by atoms with E-state index in [1.165, 1.54) is 22.3 Å². The van der Waals surface area contributed by atoms with Gasteiger partial charge in [0.05, 0.1) is 0 Å². The Labute approximate surface area is 196 Å². The summed E-state index contributed by atoms with van der Waals surface area (Å²) in [4.78, 5) is 12.0. The van der Waals surface area contributed by atoms with Gasteiger partial charge in [-0.1, -0.05) is 46.6 Å². The highest BCUT2D eigenvalue weighted by Crippen LogP contribution is 2.21. The molecule has 176 valence electrons. The first kappa shape index (κ1) is 27.5. The van der Waals surface area contributed by atoms with Crippen LogP contribution in [0.3, 0.4) is 0 Å². The first-order valence-corrected chi connectivity index (χ1v) is 11.9. The van der Waals surface area contributed by atoms with Crippen LogP contribution >= 0.6 is 0 Å². The monoisotopic (exact) mass is 437 g/mol. The van der Waals surface area contributed by atoms with Gasteiger partial charge in [0.15, 0.2) is 0 Å². The summed E-state index contributed by atoms with van der Waals surface area (Å²) in [5.74, 6) is 0.134. The van der Waals surface area contributed by atoms with E-state index < -0.39 is 0 Å². The van der Waals surface area contributed by atoms with Crippen LogP contribution in [-0.4, -0.2) is 17.6 Å². The van der Waals surface area contributed by atoms with Crippen molar-refractivity contribution in [2.45, 2.75) is 86.5 Å². The molecule has 0 aliphatic rings. The molecule has 0 spiro atoms. The lowest BCUT2D eigenvalue weighted by atomic mass is 10.0. The van der Waals surface area contributed by atoms with Gasteiger partial charge in [-0.3, -0.25) is 4.79 Å². The quantitative estimate of drug-likeness (QED) is 0.309. The van der Waals surface area contributed by atoms with Crippen molar-refractivity contribution in [3.63, 3.8) is 0 Å². The molecule has 32 heavy (non-hydrogen) atoms. The molecule has 0 heterocycles. The van der Waals surface area contributed by atoms with Gasteiger partial charge in [-0.2, -0.15) is 0 Å². The largest absolute Gasteiger partial charge is 0.508 e. The van der Waals surface area contributed by atoms with Crippen LogP contribution in [0.15, 0.2) is 64.8 Å². The maximum Gasteiger partial charge on any atom is 0.251 e. The maximum atomic E-state index is 12.0.